The third-order valence-corrected chi connectivity index (χ3v) is 6.76. The van der Waals surface area contributed by atoms with E-state index in [-0.39, 0.29) is 22.0 Å². The number of rotatable bonds is 7. The molecule has 3 aromatic rings. The van der Waals surface area contributed by atoms with E-state index >= 15 is 0 Å². The first-order valence-corrected chi connectivity index (χ1v) is 11.6. The second-order valence-corrected chi connectivity index (χ2v) is 9.46. The average molecular weight is 493 g/mol. The van der Waals surface area contributed by atoms with Crippen LogP contribution in [0.15, 0.2) is 71.6 Å². The fraction of sp³-hybridized carbons (Fsp3) is 0.208. The van der Waals surface area contributed by atoms with Crippen molar-refractivity contribution in [3.8, 4) is 5.75 Å². The van der Waals surface area contributed by atoms with Gasteiger partial charge in [-0.05, 0) is 73.5 Å². The second-order valence-electron chi connectivity index (χ2n) is 7.63. The Bertz CT molecular complexity index is 1290. The van der Waals surface area contributed by atoms with Crippen LogP contribution < -0.4 is 14.4 Å². The highest BCUT2D eigenvalue weighted by Gasteiger charge is 2.31. The molecule has 0 saturated heterocycles. The lowest BCUT2D eigenvalue weighted by Gasteiger charge is -2.25. The zero-order chi connectivity index (χ0) is 25.1. The summed E-state index contributed by atoms with van der Waals surface area (Å²) in [7, 11) is -2.91. The zero-order valence-corrected chi connectivity index (χ0v) is 19.5. The SMILES string of the molecule is COc1ccc(C)cc1S(=O)(=O)N(CC(=O)Nc1ccc(C(F)(F)F)cc1)c1cccc(C)c1. The molecular formula is C24H23F3N2O4S. The Kier molecular flexibility index (Phi) is 7.21. The summed E-state index contributed by atoms with van der Waals surface area (Å²) in [4.78, 5) is 12.7. The predicted octanol–water partition coefficient (Wildman–Crippen LogP) is 5.16. The summed E-state index contributed by atoms with van der Waals surface area (Å²) in [6.45, 7) is 2.90. The number of nitrogens with one attached hydrogen (secondary N) is 1. The molecule has 34 heavy (non-hydrogen) atoms. The van der Waals surface area contributed by atoms with Crippen LogP contribution in [0.4, 0.5) is 24.5 Å². The summed E-state index contributed by atoms with van der Waals surface area (Å²) in [5.74, 6) is -0.608. The van der Waals surface area contributed by atoms with Gasteiger partial charge in [-0.1, -0.05) is 18.2 Å². The molecule has 1 amide bonds. The van der Waals surface area contributed by atoms with E-state index < -0.39 is 34.2 Å². The maximum atomic E-state index is 13.7. The van der Waals surface area contributed by atoms with E-state index in [0.29, 0.717) is 5.56 Å². The van der Waals surface area contributed by atoms with Crippen molar-refractivity contribution in [1.82, 2.24) is 0 Å². The van der Waals surface area contributed by atoms with E-state index in [9.17, 15) is 26.4 Å². The van der Waals surface area contributed by atoms with Crippen molar-refractivity contribution >= 4 is 27.3 Å². The number of hydrogen-bond donors (Lipinski definition) is 1. The molecule has 3 rings (SSSR count). The van der Waals surface area contributed by atoms with Crippen LogP contribution in [0.5, 0.6) is 5.75 Å². The summed E-state index contributed by atoms with van der Waals surface area (Å²) in [5, 5.41) is 2.46. The van der Waals surface area contributed by atoms with E-state index in [1.165, 1.54) is 19.2 Å². The normalized spacial score (nSPS) is 11.7. The fourth-order valence-electron chi connectivity index (χ4n) is 3.28. The molecular weight excluding hydrogens is 469 g/mol. The van der Waals surface area contributed by atoms with Gasteiger partial charge in [-0.25, -0.2) is 8.42 Å². The van der Waals surface area contributed by atoms with Crippen molar-refractivity contribution in [3.63, 3.8) is 0 Å². The summed E-state index contributed by atoms with van der Waals surface area (Å²) in [5.41, 5.74) is 0.953. The van der Waals surface area contributed by atoms with Crippen molar-refractivity contribution in [2.75, 3.05) is 23.3 Å². The molecule has 1 N–H and O–H groups in total. The minimum absolute atomic E-state index is 0.104. The topological polar surface area (TPSA) is 75.7 Å². The van der Waals surface area contributed by atoms with Crippen LogP contribution in [0.2, 0.25) is 0 Å². The van der Waals surface area contributed by atoms with Crippen LogP contribution in [0.3, 0.4) is 0 Å². The number of sulfonamides is 1. The number of hydrogen-bond acceptors (Lipinski definition) is 4. The van der Waals surface area contributed by atoms with Crippen molar-refractivity contribution < 1.29 is 31.1 Å². The number of aryl methyl sites for hydroxylation is 2. The number of halogens is 3. The van der Waals surface area contributed by atoms with Gasteiger partial charge in [0.1, 0.15) is 17.2 Å². The zero-order valence-electron chi connectivity index (χ0n) is 18.7. The van der Waals surface area contributed by atoms with E-state index in [2.05, 4.69) is 5.32 Å². The number of amides is 1. The first-order chi connectivity index (χ1) is 15.9. The number of carbonyl (C=O) groups is 1. The predicted molar refractivity (Wildman–Crippen MR) is 124 cm³/mol. The number of methoxy groups -OCH3 is 1. The third kappa shape index (κ3) is 5.69. The molecule has 0 saturated carbocycles. The Labute approximate surface area is 196 Å². The first kappa shape index (κ1) is 25.1. The Morgan fingerprint density at radius 3 is 2.21 bits per heavy atom. The number of ether oxygens (including phenoxy) is 1. The summed E-state index contributed by atoms with van der Waals surface area (Å²) >= 11 is 0. The van der Waals surface area contributed by atoms with Gasteiger partial charge in [0.05, 0.1) is 18.4 Å². The standard InChI is InChI=1S/C24H23F3N2O4S/c1-16-5-4-6-20(13-16)29(34(31,32)22-14-17(2)7-12-21(22)33-3)15-23(30)28-19-10-8-18(9-11-19)24(25,26)27/h4-14H,15H2,1-3H3,(H,28,30). The van der Waals surface area contributed by atoms with Crippen LogP contribution >= 0.6 is 0 Å². The van der Waals surface area contributed by atoms with E-state index in [1.54, 1.807) is 44.2 Å². The number of nitrogens with zero attached hydrogens (tertiary/aromatic N) is 1. The summed E-state index contributed by atoms with van der Waals surface area (Å²) in [6.07, 6.45) is -4.51. The highest BCUT2D eigenvalue weighted by molar-refractivity contribution is 7.93. The summed E-state index contributed by atoms with van der Waals surface area (Å²) < 4.78 is 71.9. The molecule has 0 fully saturated rings. The van der Waals surface area contributed by atoms with Gasteiger partial charge in [0.25, 0.3) is 10.0 Å². The maximum absolute atomic E-state index is 13.7. The molecule has 0 atom stereocenters. The minimum Gasteiger partial charge on any atom is -0.495 e. The number of benzene rings is 3. The van der Waals surface area contributed by atoms with Gasteiger partial charge >= 0.3 is 6.18 Å². The molecule has 0 aliphatic rings. The minimum atomic E-state index is -4.51. The van der Waals surface area contributed by atoms with Gasteiger partial charge in [-0.2, -0.15) is 13.2 Å². The molecule has 0 unspecified atom stereocenters. The fourth-order valence-corrected chi connectivity index (χ4v) is 4.93. The monoisotopic (exact) mass is 492 g/mol. The lowest BCUT2D eigenvalue weighted by atomic mass is 10.2. The van der Waals surface area contributed by atoms with Crippen LogP contribution in [0.25, 0.3) is 0 Å². The molecule has 0 heterocycles. The lowest BCUT2D eigenvalue weighted by Crippen LogP contribution is -2.38. The molecule has 6 nitrogen and oxygen atoms in total. The second kappa shape index (κ2) is 9.76. The molecule has 3 aromatic carbocycles. The van der Waals surface area contributed by atoms with Crippen LogP contribution in [-0.2, 0) is 21.0 Å². The van der Waals surface area contributed by atoms with Crippen LogP contribution in [0, 0.1) is 13.8 Å². The van der Waals surface area contributed by atoms with E-state index in [0.717, 1.165) is 34.1 Å². The Hall–Kier alpha value is -3.53. The molecule has 10 heteroatoms. The van der Waals surface area contributed by atoms with Crippen LogP contribution in [-0.4, -0.2) is 28.0 Å². The van der Waals surface area contributed by atoms with Crippen molar-refractivity contribution in [3.05, 3.63) is 83.4 Å². The van der Waals surface area contributed by atoms with Crippen molar-refractivity contribution in [1.29, 1.82) is 0 Å². The highest BCUT2D eigenvalue weighted by Crippen LogP contribution is 2.32. The van der Waals surface area contributed by atoms with E-state index in [4.69, 9.17) is 4.74 Å². The number of anilines is 2. The summed E-state index contributed by atoms with van der Waals surface area (Å²) in [6, 6.07) is 15.2. The molecule has 0 spiro atoms. The van der Waals surface area contributed by atoms with Crippen LogP contribution in [0.1, 0.15) is 16.7 Å². The molecule has 0 radical (unpaired) electrons. The molecule has 0 aromatic heterocycles. The van der Waals surface area contributed by atoms with Gasteiger partial charge < -0.3 is 10.1 Å². The smallest absolute Gasteiger partial charge is 0.416 e. The highest BCUT2D eigenvalue weighted by atomic mass is 32.2. The number of alkyl halides is 3. The van der Waals surface area contributed by atoms with Gasteiger partial charge in [0, 0.05) is 5.69 Å². The van der Waals surface area contributed by atoms with Gasteiger partial charge in [-0.15, -0.1) is 0 Å². The van der Waals surface area contributed by atoms with E-state index in [1.807, 2.05) is 0 Å². The largest absolute Gasteiger partial charge is 0.495 e. The lowest BCUT2D eigenvalue weighted by molar-refractivity contribution is -0.137. The first-order valence-electron chi connectivity index (χ1n) is 10.1. The van der Waals surface area contributed by atoms with Gasteiger partial charge in [-0.3, -0.25) is 9.10 Å². The Balaban J connectivity index is 1.96. The van der Waals surface area contributed by atoms with Gasteiger partial charge in [0.15, 0.2) is 0 Å². The number of carbonyl (C=O) groups excluding carboxylic acids is 1. The third-order valence-electron chi connectivity index (χ3n) is 4.96. The molecule has 0 aliphatic heterocycles. The Morgan fingerprint density at radius 1 is 0.971 bits per heavy atom. The average Bonchev–Trinajstić information content (AvgIpc) is 2.77. The van der Waals surface area contributed by atoms with Crippen molar-refractivity contribution in [2.45, 2.75) is 24.9 Å². The molecule has 0 bridgehead atoms. The van der Waals surface area contributed by atoms with Crippen molar-refractivity contribution in [2.24, 2.45) is 0 Å². The Morgan fingerprint density at radius 2 is 1.62 bits per heavy atom. The maximum Gasteiger partial charge on any atom is 0.416 e. The van der Waals surface area contributed by atoms with Gasteiger partial charge in [0.2, 0.25) is 5.91 Å². The molecule has 180 valence electrons. The quantitative estimate of drug-likeness (QED) is 0.494. The molecule has 0 aliphatic carbocycles.